The molecule has 1 heterocycles. The molecule has 0 saturated heterocycles. The molecule has 0 spiro atoms. The first-order chi connectivity index (χ1) is 31.2. The summed E-state index contributed by atoms with van der Waals surface area (Å²) in [4.78, 5) is 4.68. The summed E-state index contributed by atoms with van der Waals surface area (Å²) in [7, 11) is 0. The van der Waals surface area contributed by atoms with E-state index >= 15 is 0 Å². The summed E-state index contributed by atoms with van der Waals surface area (Å²) in [5, 5.41) is 2.45. The first-order valence-electron chi connectivity index (χ1n) is 21.5. The van der Waals surface area contributed by atoms with Gasteiger partial charge in [0.25, 0.3) is 0 Å². The van der Waals surface area contributed by atoms with Crippen LogP contribution in [0.2, 0.25) is 0 Å². The van der Waals surface area contributed by atoms with Crippen molar-refractivity contribution in [2.24, 2.45) is 0 Å². The van der Waals surface area contributed by atoms with E-state index in [1.807, 2.05) is 0 Å². The van der Waals surface area contributed by atoms with E-state index in [0.717, 1.165) is 56.5 Å². The van der Waals surface area contributed by atoms with Crippen LogP contribution in [0.3, 0.4) is 0 Å². The van der Waals surface area contributed by atoms with Crippen molar-refractivity contribution in [1.29, 1.82) is 0 Å². The Bertz CT molecular complexity index is 3290. The average molecular weight is 806 g/mol. The van der Waals surface area contributed by atoms with Crippen LogP contribution >= 0.6 is 0 Å². The van der Waals surface area contributed by atoms with Gasteiger partial charge in [-0.05, 0) is 124 Å². The smallest absolute Gasteiger partial charge is 0.0561 e. The van der Waals surface area contributed by atoms with Crippen LogP contribution in [0, 0.1) is 0 Å². The number of aromatic nitrogens is 1. The van der Waals surface area contributed by atoms with Crippen LogP contribution in [-0.2, 0) is 0 Å². The van der Waals surface area contributed by atoms with Gasteiger partial charge in [0.15, 0.2) is 0 Å². The van der Waals surface area contributed by atoms with Gasteiger partial charge in [-0.25, -0.2) is 0 Å². The molecule has 0 bridgehead atoms. The third-order valence-electron chi connectivity index (χ3n) is 12.0. The molecule has 298 valence electrons. The second-order valence-corrected chi connectivity index (χ2v) is 15.8. The lowest BCUT2D eigenvalue weighted by Crippen LogP contribution is -2.10. The van der Waals surface area contributed by atoms with Crippen molar-refractivity contribution in [3.05, 3.63) is 261 Å². The summed E-state index contributed by atoms with van der Waals surface area (Å²) in [6, 6.07) is 93.6. The number of fused-ring (bicyclic) bond motifs is 3. The quantitative estimate of drug-likeness (QED) is 0.136. The van der Waals surface area contributed by atoms with Gasteiger partial charge in [-0.2, -0.15) is 0 Å². The molecule has 1 aromatic heterocycles. The van der Waals surface area contributed by atoms with Crippen LogP contribution in [0.4, 0.5) is 34.1 Å². The molecule has 0 N–H and O–H groups in total. The number of hydrogen-bond acceptors (Lipinski definition) is 2. The zero-order valence-corrected chi connectivity index (χ0v) is 34.7. The van der Waals surface area contributed by atoms with E-state index in [1.54, 1.807) is 0 Å². The summed E-state index contributed by atoms with van der Waals surface area (Å²) in [6.45, 7) is 0. The minimum atomic E-state index is 1.09. The molecule has 0 radical (unpaired) electrons. The largest absolute Gasteiger partial charge is 0.310 e. The highest BCUT2D eigenvalue weighted by Gasteiger charge is 2.19. The van der Waals surface area contributed by atoms with E-state index in [2.05, 4.69) is 275 Å². The molecule has 0 aliphatic carbocycles. The lowest BCUT2D eigenvalue weighted by Gasteiger charge is -2.26. The lowest BCUT2D eigenvalue weighted by atomic mass is 10.0. The molecule has 11 aromatic rings. The highest BCUT2D eigenvalue weighted by molar-refractivity contribution is 6.10. The van der Waals surface area contributed by atoms with Crippen molar-refractivity contribution >= 4 is 55.9 Å². The van der Waals surface area contributed by atoms with Gasteiger partial charge in [0, 0.05) is 50.6 Å². The Morgan fingerprint density at radius 3 is 1.14 bits per heavy atom. The number of para-hydroxylation sites is 3. The molecule has 0 unspecified atom stereocenters. The van der Waals surface area contributed by atoms with Gasteiger partial charge in [-0.3, -0.25) is 0 Å². The fourth-order valence-electron chi connectivity index (χ4n) is 8.92. The Morgan fingerprint density at radius 1 is 0.222 bits per heavy atom. The van der Waals surface area contributed by atoms with Crippen LogP contribution in [0.1, 0.15) is 0 Å². The van der Waals surface area contributed by atoms with Crippen LogP contribution in [0.5, 0.6) is 0 Å². The van der Waals surface area contributed by atoms with Crippen molar-refractivity contribution in [2.75, 3.05) is 9.80 Å². The Balaban J connectivity index is 0.964. The van der Waals surface area contributed by atoms with Crippen LogP contribution in [0.15, 0.2) is 261 Å². The molecule has 0 aliphatic rings. The number of benzene rings is 10. The zero-order chi connectivity index (χ0) is 42.0. The maximum Gasteiger partial charge on any atom is 0.0561 e. The third kappa shape index (κ3) is 7.32. The topological polar surface area (TPSA) is 11.4 Å². The second-order valence-electron chi connectivity index (χ2n) is 15.8. The maximum absolute atomic E-state index is 2.41. The Morgan fingerprint density at radius 2 is 0.587 bits per heavy atom. The molecule has 0 amide bonds. The van der Waals surface area contributed by atoms with Crippen molar-refractivity contribution in [1.82, 2.24) is 4.57 Å². The summed E-state index contributed by atoms with van der Waals surface area (Å²) < 4.78 is 2.41. The summed E-state index contributed by atoms with van der Waals surface area (Å²) in [5.74, 6) is 0. The second kappa shape index (κ2) is 16.6. The van der Waals surface area contributed by atoms with Crippen LogP contribution < -0.4 is 9.80 Å². The van der Waals surface area contributed by atoms with Gasteiger partial charge >= 0.3 is 0 Å². The van der Waals surface area contributed by atoms with Crippen molar-refractivity contribution in [2.45, 2.75) is 0 Å². The minimum Gasteiger partial charge on any atom is -0.310 e. The van der Waals surface area contributed by atoms with E-state index in [9.17, 15) is 0 Å². The molecule has 0 saturated carbocycles. The molecule has 0 aliphatic heterocycles. The number of rotatable bonds is 10. The SMILES string of the molecule is c1ccc(-c2ccc(N(c3ccccc3)c3cccc(-c4ccc(-n5c6ccccc6c6ccc(N(c7ccccc7)c7ccc(-c8ccccc8)cc7)cc65)cc4)c3)cc2)cc1. The third-order valence-corrected chi connectivity index (χ3v) is 12.0. The summed E-state index contributed by atoms with van der Waals surface area (Å²) in [6.07, 6.45) is 0. The average Bonchev–Trinajstić information content (AvgIpc) is 3.69. The normalized spacial score (nSPS) is 11.2. The highest BCUT2D eigenvalue weighted by atomic mass is 15.1. The zero-order valence-electron chi connectivity index (χ0n) is 34.7. The first kappa shape index (κ1) is 37.6. The van der Waals surface area contributed by atoms with E-state index in [0.29, 0.717) is 0 Å². The fraction of sp³-hybridized carbons (Fsp3) is 0. The Labute approximate surface area is 368 Å². The Kier molecular flexibility index (Phi) is 9.89. The van der Waals surface area contributed by atoms with Crippen molar-refractivity contribution in [3.8, 4) is 39.1 Å². The minimum absolute atomic E-state index is 1.09. The van der Waals surface area contributed by atoms with E-state index in [4.69, 9.17) is 0 Å². The molecular weight excluding hydrogens is 763 g/mol. The van der Waals surface area contributed by atoms with Crippen LogP contribution in [-0.4, -0.2) is 4.57 Å². The van der Waals surface area contributed by atoms with Gasteiger partial charge in [-0.15, -0.1) is 0 Å². The van der Waals surface area contributed by atoms with Crippen LogP contribution in [0.25, 0.3) is 60.9 Å². The first-order valence-corrected chi connectivity index (χ1v) is 21.5. The molecular formula is C60H43N3. The standard InChI is InChI=1S/C60H43N3/c1-5-16-44(17-6-1)46-28-34-52(35-29-46)61(50-21-9-3-10-22-50)55-25-15-20-49(42-55)48-32-38-54(39-33-48)63-59-27-14-13-26-57(59)58-41-40-56(43-60(58)63)62(51-23-11-4-12-24-51)53-36-30-47(31-37-53)45-18-7-2-8-19-45/h1-43H. The molecule has 3 nitrogen and oxygen atoms in total. The maximum atomic E-state index is 2.41. The fourth-order valence-corrected chi connectivity index (χ4v) is 8.92. The Hall–Kier alpha value is -8.40. The number of nitrogens with zero attached hydrogens (tertiary/aromatic N) is 3. The van der Waals surface area contributed by atoms with Gasteiger partial charge in [-0.1, -0.05) is 170 Å². The van der Waals surface area contributed by atoms with Crippen molar-refractivity contribution < 1.29 is 0 Å². The van der Waals surface area contributed by atoms with Gasteiger partial charge < -0.3 is 14.4 Å². The predicted octanol–water partition coefficient (Wildman–Crippen LogP) is 16.7. The molecule has 0 fully saturated rings. The molecule has 10 aromatic carbocycles. The molecule has 11 rings (SSSR count). The number of anilines is 6. The molecule has 63 heavy (non-hydrogen) atoms. The molecule has 3 heteroatoms. The summed E-state index contributed by atoms with van der Waals surface area (Å²) >= 11 is 0. The summed E-state index contributed by atoms with van der Waals surface area (Å²) in [5.41, 5.74) is 17.2. The van der Waals surface area contributed by atoms with Crippen molar-refractivity contribution in [3.63, 3.8) is 0 Å². The van der Waals surface area contributed by atoms with Gasteiger partial charge in [0.05, 0.1) is 11.0 Å². The molecule has 0 atom stereocenters. The van der Waals surface area contributed by atoms with E-state index in [-0.39, 0.29) is 0 Å². The number of hydrogen-bond donors (Lipinski definition) is 0. The van der Waals surface area contributed by atoms with E-state index < -0.39 is 0 Å². The predicted molar refractivity (Wildman–Crippen MR) is 266 cm³/mol. The lowest BCUT2D eigenvalue weighted by molar-refractivity contribution is 1.18. The van der Waals surface area contributed by atoms with Gasteiger partial charge in [0.2, 0.25) is 0 Å². The monoisotopic (exact) mass is 805 g/mol. The van der Waals surface area contributed by atoms with Gasteiger partial charge in [0.1, 0.15) is 0 Å². The van der Waals surface area contributed by atoms with E-state index in [1.165, 1.54) is 38.5 Å². The highest BCUT2D eigenvalue weighted by Crippen LogP contribution is 2.41.